The molecule has 1 amide bonds. The number of carbonyl (C=O) groups excluding carboxylic acids is 1. The van der Waals surface area contributed by atoms with Gasteiger partial charge in [0, 0.05) is 4.47 Å². The lowest BCUT2D eigenvalue weighted by Gasteiger charge is -2.19. The highest BCUT2D eigenvalue weighted by atomic mass is 79.9. The molecule has 0 spiro atoms. The number of benzene rings is 1. The molecule has 0 aromatic heterocycles. The van der Waals surface area contributed by atoms with Gasteiger partial charge < -0.3 is 4.74 Å². The van der Waals surface area contributed by atoms with Gasteiger partial charge in [0.2, 0.25) is 0 Å². The van der Waals surface area contributed by atoms with Crippen LogP contribution >= 0.6 is 15.9 Å². The van der Waals surface area contributed by atoms with Crippen molar-refractivity contribution in [1.29, 1.82) is 0 Å². The molecule has 0 fully saturated rings. The van der Waals surface area contributed by atoms with Crippen LogP contribution in [0.4, 0.5) is 4.79 Å². The lowest BCUT2D eigenvalue weighted by atomic mass is 10.2. The SMILES string of the molecule is CC(C)(C)OC(=O)NS(=O)(=O)c1ccccc1Br. The fourth-order valence-electron chi connectivity index (χ4n) is 1.13. The van der Waals surface area contributed by atoms with Gasteiger partial charge in [0.05, 0.1) is 0 Å². The third-order valence-electron chi connectivity index (χ3n) is 1.74. The average molecular weight is 336 g/mol. The van der Waals surface area contributed by atoms with Gasteiger partial charge in [0.15, 0.2) is 0 Å². The van der Waals surface area contributed by atoms with E-state index in [1.54, 1.807) is 39.0 Å². The van der Waals surface area contributed by atoms with E-state index in [1.165, 1.54) is 6.07 Å². The summed E-state index contributed by atoms with van der Waals surface area (Å²) in [5.74, 6) is 0. The smallest absolute Gasteiger partial charge is 0.421 e. The Labute approximate surface area is 115 Å². The van der Waals surface area contributed by atoms with Crippen LogP contribution in [0.25, 0.3) is 0 Å². The van der Waals surface area contributed by atoms with E-state index in [0.717, 1.165) is 0 Å². The molecule has 0 aliphatic carbocycles. The number of hydrogen-bond acceptors (Lipinski definition) is 4. The van der Waals surface area contributed by atoms with Gasteiger partial charge in [-0.15, -0.1) is 0 Å². The highest BCUT2D eigenvalue weighted by molar-refractivity contribution is 9.10. The number of carbonyl (C=O) groups is 1. The molecule has 5 nitrogen and oxygen atoms in total. The Balaban J connectivity index is 2.91. The highest BCUT2D eigenvalue weighted by Crippen LogP contribution is 2.21. The fourth-order valence-corrected chi connectivity index (χ4v) is 3.00. The van der Waals surface area contributed by atoms with Crippen molar-refractivity contribution in [3.8, 4) is 0 Å². The molecular formula is C11H14BrNO4S. The van der Waals surface area contributed by atoms with Crippen LogP contribution in [0.1, 0.15) is 20.8 Å². The van der Waals surface area contributed by atoms with Crippen LogP contribution in [0, 0.1) is 0 Å². The lowest BCUT2D eigenvalue weighted by molar-refractivity contribution is 0.0570. The molecule has 0 radical (unpaired) electrons. The van der Waals surface area contributed by atoms with Crippen molar-refractivity contribution in [2.45, 2.75) is 31.3 Å². The maximum Gasteiger partial charge on any atom is 0.421 e. The van der Waals surface area contributed by atoms with Gasteiger partial charge in [-0.1, -0.05) is 12.1 Å². The molecule has 0 saturated heterocycles. The summed E-state index contributed by atoms with van der Waals surface area (Å²) >= 11 is 3.11. The maximum atomic E-state index is 11.9. The molecule has 1 N–H and O–H groups in total. The van der Waals surface area contributed by atoms with E-state index in [1.807, 2.05) is 4.72 Å². The third kappa shape index (κ3) is 4.30. The number of hydrogen-bond donors (Lipinski definition) is 1. The summed E-state index contributed by atoms with van der Waals surface area (Å²) < 4.78 is 30.9. The summed E-state index contributed by atoms with van der Waals surface area (Å²) in [6.45, 7) is 4.95. The van der Waals surface area contributed by atoms with Crippen molar-refractivity contribution in [2.75, 3.05) is 0 Å². The zero-order valence-electron chi connectivity index (χ0n) is 10.2. The first-order valence-electron chi connectivity index (χ1n) is 5.12. The Hall–Kier alpha value is -1.08. The summed E-state index contributed by atoms with van der Waals surface area (Å²) in [5.41, 5.74) is -0.756. The second-order valence-electron chi connectivity index (χ2n) is 4.54. The zero-order valence-corrected chi connectivity index (χ0v) is 12.6. The number of rotatable bonds is 2. The number of ether oxygens (including phenoxy) is 1. The average Bonchev–Trinajstić information content (AvgIpc) is 2.13. The molecule has 100 valence electrons. The first-order chi connectivity index (χ1) is 8.12. The van der Waals surface area contributed by atoms with E-state index in [9.17, 15) is 13.2 Å². The van der Waals surface area contributed by atoms with E-state index in [4.69, 9.17) is 4.74 Å². The minimum Gasteiger partial charge on any atom is -0.443 e. The van der Waals surface area contributed by atoms with Gasteiger partial charge in [-0.2, -0.15) is 0 Å². The molecule has 0 heterocycles. The largest absolute Gasteiger partial charge is 0.443 e. The van der Waals surface area contributed by atoms with Crippen molar-refractivity contribution in [3.63, 3.8) is 0 Å². The Morgan fingerprint density at radius 3 is 2.33 bits per heavy atom. The molecular weight excluding hydrogens is 322 g/mol. The summed E-state index contributed by atoms with van der Waals surface area (Å²) in [6, 6.07) is 6.20. The van der Waals surface area contributed by atoms with E-state index in [2.05, 4.69) is 15.9 Å². The zero-order chi connectivity index (χ0) is 14.0. The van der Waals surface area contributed by atoms with E-state index < -0.39 is 21.7 Å². The molecule has 0 aliphatic heterocycles. The minimum absolute atomic E-state index is 0.0177. The van der Waals surface area contributed by atoms with Crippen LogP contribution in [-0.2, 0) is 14.8 Å². The van der Waals surface area contributed by atoms with Gasteiger partial charge in [0.1, 0.15) is 10.5 Å². The van der Waals surface area contributed by atoms with Crippen LogP contribution in [0.15, 0.2) is 33.6 Å². The van der Waals surface area contributed by atoms with Crippen LogP contribution in [0.3, 0.4) is 0 Å². The Kier molecular flexibility index (Phi) is 4.39. The van der Waals surface area contributed by atoms with Gasteiger partial charge in [-0.25, -0.2) is 17.9 Å². The summed E-state index contributed by atoms with van der Waals surface area (Å²) in [7, 11) is -3.93. The molecule has 1 aromatic rings. The van der Waals surface area contributed by atoms with Crippen molar-refractivity contribution in [3.05, 3.63) is 28.7 Å². The van der Waals surface area contributed by atoms with Crippen molar-refractivity contribution < 1.29 is 17.9 Å². The quantitative estimate of drug-likeness (QED) is 0.901. The molecule has 1 rings (SSSR count). The predicted octanol–water partition coefficient (Wildman–Crippen LogP) is 2.66. The maximum absolute atomic E-state index is 11.9. The summed E-state index contributed by atoms with van der Waals surface area (Å²) in [4.78, 5) is 11.4. The first-order valence-corrected chi connectivity index (χ1v) is 7.40. The van der Waals surface area contributed by atoms with Crippen molar-refractivity contribution in [2.24, 2.45) is 0 Å². The highest BCUT2D eigenvalue weighted by Gasteiger charge is 2.24. The standard InChI is InChI=1S/C11H14BrNO4S/c1-11(2,3)17-10(14)13-18(15,16)9-7-5-4-6-8(9)12/h4-7H,1-3H3,(H,13,14). The van der Waals surface area contributed by atoms with Gasteiger partial charge in [-0.05, 0) is 48.8 Å². The van der Waals surface area contributed by atoms with Crippen molar-refractivity contribution in [1.82, 2.24) is 4.72 Å². The van der Waals surface area contributed by atoms with E-state index in [0.29, 0.717) is 4.47 Å². The molecule has 0 saturated carbocycles. The summed E-state index contributed by atoms with van der Waals surface area (Å²) in [6.07, 6.45) is -1.00. The van der Waals surface area contributed by atoms with E-state index >= 15 is 0 Å². The molecule has 7 heteroatoms. The number of amides is 1. The number of nitrogens with one attached hydrogen (secondary N) is 1. The summed E-state index contributed by atoms with van der Waals surface area (Å²) in [5, 5.41) is 0. The normalized spacial score (nSPS) is 12.0. The fraction of sp³-hybridized carbons (Fsp3) is 0.364. The monoisotopic (exact) mass is 335 g/mol. The Morgan fingerprint density at radius 2 is 1.83 bits per heavy atom. The van der Waals surface area contributed by atoms with Gasteiger partial charge in [-0.3, -0.25) is 0 Å². The topological polar surface area (TPSA) is 72.5 Å². The molecule has 18 heavy (non-hydrogen) atoms. The van der Waals surface area contributed by atoms with Gasteiger partial charge >= 0.3 is 6.09 Å². The van der Waals surface area contributed by atoms with Gasteiger partial charge in [0.25, 0.3) is 10.0 Å². The van der Waals surface area contributed by atoms with E-state index in [-0.39, 0.29) is 4.90 Å². The molecule has 0 aliphatic rings. The minimum atomic E-state index is -3.93. The lowest BCUT2D eigenvalue weighted by Crippen LogP contribution is -2.36. The second kappa shape index (κ2) is 5.27. The molecule has 0 bridgehead atoms. The van der Waals surface area contributed by atoms with Crippen LogP contribution in [0.2, 0.25) is 0 Å². The number of sulfonamides is 1. The molecule has 0 atom stereocenters. The van der Waals surface area contributed by atoms with Crippen LogP contribution in [0.5, 0.6) is 0 Å². The predicted molar refractivity (Wildman–Crippen MR) is 70.7 cm³/mol. The second-order valence-corrected chi connectivity index (χ2v) is 7.04. The molecule has 0 unspecified atom stereocenters. The third-order valence-corrected chi connectivity index (χ3v) is 4.07. The Bertz CT molecular complexity index is 548. The van der Waals surface area contributed by atoms with Crippen LogP contribution < -0.4 is 4.72 Å². The molecule has 1 aromatic carbocycles. The number of halogens is 1. The first kappa shape index (κ1) is 15.0. The van der Waals surface area contributed by atoms with Crippen LogP contribution in [-0.4, -0.2) is 20.1 Å². The Morgan fingerprint density at radius 1 is 1.28 bits per heavy atom. The van der Waals surface area contributed by atoms with Crippen molar-refractivity contribution >= 4 is 32.0 Å².